The molecular formula is C15H21N3S. The van der Waals surface area contributed by atoms with Crippen molar-refractivity contribution in [2.24, 2.45) is 0 Å². The maximum atomic E-state index is 4.58. The van der Waals surface area contributed by atoms with E-state index in [9.17, 15) is 0 Å². The van der Waals surface area contributed by atoms with Gasteiger partial charge in [0.1, 0.15) is 0 Å². The molecule has 1 unspecified atom stereocenters. The number of thiophene rings is 1. The number of aromatic nitrogens is 2. The quantitative estimate of drug-likeness (QED) is 0.895. The van der Waals surface area contributed by atoms with E-state index in [0.29, 0.717) is 12.0 Å². The molecule has 0 bridgehead atoms. The van der Waals surface area contributed by atoms with Crippen LogP contribution in [0.4, 0.5) is 5.95 Å². The standard InChI is InChI=1S/C15H21N3S/c1-10(2)14-8-12(4)17-15(18-14)16-11(3)7-13-5-6-19-9-13/h5-6,8-11H,7H2,1-4H3,(H,16,17,18). The minimum Gasteiger partial charge on any atom is -0.351 e. The Morgan fingerprint density at radius 1 is 1.26 bits per heavy atom. The van der Waals surface area contributed by atoms with Gasteiger partial charge in [0.25, 0.3) is 0 Å². The van der Waals surface area contributed by atoms with Crippen molar-refractivity contribution in [1.29, 1.82) is 0 Å². The highest BCUT2D eigenvalue weighted by atomic mass is 32.1. The van der Waals surface area contributed by atoms with Crippen LogP contribution in [0.25, 0.3) is 0 Å². The lowest BCUT2D eigenvalue weighted by atomic mass is 10.1. The summed E-state index contributed by atoms with van der Waals surface area (Å²) in [6.45, 7) is 8.49. The van der Waals surface area contributed by atoms with Crippen LogP contribution in [-0.2, 0) is 6.42 Å². The normalized spacial score (nSPS) is 12.7. The van der Waals surface area contributed by atoms with Crippen LogP contribution >= 0.6 is 11.3 Å². The van der Waals surface area contributed by atoms with Crippen LogP contribution in [0.5, 0.6) is 0 Å². The Kier molecular flexibility index (Phi) is 4.53. The van der Waals surface area contributed by atoms with E-state index in [2.05, 4.69) is 58.9 Å². The summed E-state index contributed by atoms with van der Waals surface area (Å²) < 4.78 is 0. The maximum Gasteiger partial charge on any atom is 0.223 e. The van der Waals surface area contributed by atoms with Gasteiger partial charge in [-0.1, -0.05) is 13.8 Å². The van der Waals surface area contributed by atoms with Gasteiger partial charge in [-0.05, 0) is 54.6 Å². The summed E-state index contributed by atoms with van der Waals surface area (Å²) >= 11 is 1.74. The summed E-state index contributed by atoms with van der Waals surface area (Å²) in [5.74, 6) is 1.17. The maximum absolute atomic E-state index is 4.58. The van der Waals surface area contributed by atoms with E-state index < -0.39 is 0 Å². The second kappa shape index (κ2) is 6.15. The van der Waals surface area contributed by atoms with E-state index in [1.54, 1.807) is 11.3 Å². The number of hydrogen-bond acceptors (Lipinski definition) is 4. The van der Waals surface area contributed by atoms with E-state index in [-0.39, 0.29) is 0 Å². The number of hydrogen-bond donors (Lipinski definition) is 1. The minimum absolute atomic E-state index is 0.330. The zero-order valence-corrected chi connectivity index (χ0v) is 12.8. The molecule has 2 heterocycles. The van der Waals surface area contributed by atoms with Crippen LogP contribution in [0, 0.1) is 6.92 Å². The Morgan fingerprint density at radius 2 is 2.05 bits per heavy atom. The summed E-state index contributed by atoms with van der Waals surface area (Å²) in [7, 11) is 0. The third-order valence-electron chi connectivity index (χ3n) is 2.96. The van der Waals surface area contributed by atoms with Crippen molar-refractivity contribution in [3.05, 3.63) is 39.8 Å². The van der Waals surface area contributed by atoms with Gasteiger partial charge in [0, 0.05) is 17.4 Å². The largest absolute Gasteiger partial charge is 0.351 e. The summed E-state index contributed by atoms with van der Waals surface area (Å²) in [6.07, 6.45) is 0.998. The molecule has 1 atom stereocenters. The van der Waals surface area contributed by atoms with Crippen molar-refractivity contribution in [2.45, 2.75) is 46.1 Å². The van der Waals surface area contributed by atoms with Crippen molar-refractivity contribution in [3.63, 3.8) is 0 Å². The van der Waals surface area contributed by atoms with Gasteiger partial charge >= 0.3 is 0 Å². The molecule has 0 saturated carbocycles. The number of rotatable bonds is 5. The molecule has 0 aromatic carbocycles. The molecule has 4 heteroatoms. The van der Waals surface area contributed by atoms with Crippen LogP contribution in [0.3, 0.4) is 0 Å². The van der Waals surface area contributed by atoms with Gasteiger partial charge in [-0.25, -0.2) is 9.97 Å². The summed E-state index contributed by atoms with van der Waals surface area (Å²) in [6, 6.07) is 4.55. The van der Waals surface area contributed by atoms with Crippen molar-refractivity contribution >= 4 is 17.3 Å². The van der Waals surface area contributed by atoms with Crippen LogP contribution in [0.15, 0.2) is 22.9 Å². The zero-order chi connectivity index (χ0) is 13.8. The van der Waals surface area contributed by atoms with E-state index in [1.165, 1.54) is 5.56 Å². The molecule has 2 rings (SSSR count). The Hall–Kier alpha value is -1.42. The Bertz CT molecular complexity index is 520. The van der Waals surface area contributed by atoms with Gasteiger partial charge < -0.3 is 5.32 Å². The third kappa shape index (κ3) is 4.03. The smallest absolute Gasteiger partial charge is 0.223 e. The predicted octanol–water partition coefficient (Wildman–Crippen LogP) is 4.01. The number of nitrogens with one attached hydrogen (secondary N) is 1. The molecule has 0 spiro atoms. The highest BCUT2D eigenvalue weighted by molar-refractivity contribution is 7.07. The van der Waals surface area contributed by atoms with E-state index >= 15 is 0 Å². The fourth-order valence-electron chi connectivity index (χ4n) is 1.99. The Morgan fingerprint density at radius 3 is 2.68 bits per heavy atom. The molecule has 102 valence electrons. The summed E-state index contributed by atoms with van der Waals surface area (Å²) in [5, 5.41) is 7.70. The lowest BCUT2D eigenvalue weighted by Crippen LogP contribution is -2.20. The fourth-order valence-corrected chi connectivity index (χ4v) is 2.67. The molecule has 0 saturated heterocycles. The van der Waals surface area contributed by atoms with Gasteiger partial charge in [-0.2, -0.15) is 11.3 Å². The highest BCUT2D eigenvalue weighted by Crippen LogP contribution is 2.16. The van der Waals surface area contributed by atoms with Gasteiger partial charge in [0.15, 0.2) is 0 Å². The third-order valence-corrected chi connectivity index (χ3v) is 3.70. The van der Waals surface area contributed by atoms with Crippen molar-refractivity contribution < 1.29 is 0 Å². The second-order valence-corrected chi connectivity index (χ2v) is 6.07. The number of anilines is 1. The van der Waals surface area contributed by atoms with Crippen molar-refractivity contribution in [3.8, 4) is 0 Å². The number of aryl methyl sites for hydroxylation is 1. The summed E-state index contributed by atoms with van der Waals surface area (Å²) in [4.78, 5) is 9.05. The average Bonchev–Trinajstić information content (AvgIpc) is 2.80. The first-order valence-electron chi connectivity index (χ1n) is 6.68. The van der Waals surface area contributed by atoms with Crippen molar-refractivity contribution in [2.75, 3.05) is 5.32 Å². The highest BCUT2D eigenvalue weighted by Gasteiger charge is 2.09. The van der Waals surface area contributed by atoms with Gasteiger partial charge in [-0.15, -0.1) is 0 Å². The minimum atomic E-state index is 0.330. The molecular weight excluding hydrogens is 254 g/mol. The second-order valence-electron chi connectivity index (χ2n) is 5.29. The van der Waals surface area contributed by atoms with E-state index in [0.717, 1.165) is 23.8 Å². The fraction of sp³-hybridized carbons (Fsp3) is 0.467. The SMILES string of the molecule is Cc1cc(C(C)C)nc(NC(C)Cc2ccsc2)n1. The van der Waals surface area contributed by atoms with Gasteiger partial charge in [0.2, 0.25) is 5.95 Å². The first-order chi connectivity index (χ1) is 9.04. The molecule has 19 heavy (non-hydrogen) atoms. The molecule has 0 fully saturated rings. The molecule has 0 amide bonds. The molecule has 0 aliphatic carbocycles. The van der Waals surface area contributed by atoms with Crippen LogP contribution < -0.4 is 5.32 Å². The Labute approximate surface area is 119 Å². The van der Waals surface area contributed by atoms with Crippen LogP contribution in [0.1, 0.15) is 43.6 Å². The molecule has 0 aliphatic rings. The molecule has 0 aliphatic heterocycles. The zero-order valence-electron chi connectivity index (χ0n) is 12.0. The lowest BCUT2D eigenvalue weighted by molar-refractivity contribution is 0.761. The van der Waals surface area contributed by atoms with Crippen molar-refractivity contribution in [1.82, 2.24) is 9.97 Å². The van der Waals surface area contributed by atoms with E-state index in [4.69, 9.17) is 0 Å². The topological polar surface area (TPSA) is 37.8 Å². The first-order valence-corrected chi connectivity index (χ1v) is 7.62. The van der Waals surface area contributed by atoms with Crippen LogP contribution in [-0.4, -0.2) is 16.0 Å². The molecule has 1 N–H and O–H groups in total. The monoisotopic (exact) mass is 275 g/mol. The predicted molar refractivity (Wildman–Crippen MR) is 82.0 cm³/mol. The first kappa shape index (κ1) is 14.0. The van der Waals surface area contributed by atoms with Gasteiger partial charge in [0.05, 0.1) is 0 Å². The lowest BCUT2D eigenvalue weighted by Gasteiger charge is -2.15. The molecule has 2 aromatic rings. The Balaban J connectivity index is 2.05. The summed E-state index contributed by atoms with van der Waals surface area (Å²) in [5.41, 5.74) is 3.48. The van der Waals surface area contributed by atoms with Crippen LogP contribution in [0.2, 0.25) is 0 Å². The number of nitrogens with zero attached hydrogens (tertiary/aromatic N) is 2. The van der Waals surface area contributed by atoms with E-state index in [1.807, 2.05) is 6.92 Å². The molecule has 2 aromatic heterocycles. The average molecular weight is 275 g/mol. The molecule has 3 nitrogen and oxygen atoms in total. The molecule has 0 radical (unpaired) electrons. The van der Waals surface area contributed by atoms with Gasteiger partial charge in [-0.3, -0.25) is 0 Å².